The second-order valence-electron chi connectivity index (χ2n) is 2.77. The first-order valence-electron chi connectivity index (χ1n) is 6.16. The van der Waals surface area contributed by atoms with Crippen molar-refractivity contribution >= 4 is 17.9 Å². The van der Waals surface area contributed by atoms with Gasteiger partial charge in [-0.1, -0.05) is 0 Å². The summed E-state index contributed by atoms with van der Waals surface area (Å²) in [7, 11) is 1.00. The van der Waals surface area contributed by atoms with Crippen molar-refractivity contribution in [2.24, 2.45) is 0 Å². The Morgan fingerprint density at radius 3 is 0.800 bits per heavy atom. The molecule has 122 valence electrons. The van der Waals surface area contributed by atoms with Gasteiger partial charge >= 0.3 is 17.9 Å². The molecule has 0 aliphatic heterocycles. The minimum Gasteiger partial charge on any atom is -0.466 e. The molecule has 0 heterocycles. The van der Waals surface area contributed by atoms with Gasteiger partial charge in [-0.05, 0) is 20.8 Å². The number of aliphatic hydroxyl groups excluding tert-OH is 1. The van der Waals surface area contributed by atoms with E-state index < -0.39 is 0 Å². The number of rotatable bonds is 3. The first-order chi connectivity index (χ1) is 9.31. The van der Waals surface area contributed by atoms with E-state index >= 15 is 0 Å². The maximum Gasteiger partial charge on any atom is 0.302 e. The molecule has 0 unspecified atom stereocenters. The van der Waals surface area contributed by atoms with E-state index in [0.717, 1.165) is 7.11 Å². The van der Waals surface area contributed by atoms with Crippen LogP contribution in [0.1, 0.15) is 41.5 Å². The summed E-state index contributed by atoms with van der Waals surface area (Å²) < 4.78 is 13.2. The van der Waals surface area contributed by atoms with E-state index in [4.69, 9.17) is 5.11 Å². The average Bonchev–Trinajstić information content (AvgIpc) is 2.32. The largest absolute Gasteiger partial charge is 0.466 e. The molecule has 0 aliphatic rings. The summed E-state index contributed by atoms with van der Waals surface area (Å²) in [5, 5.41) is 7.00. The Hall–Kier alpha value is -1.63. The zero-order valence-electron chi connectivity index (χ0n) is 13.5. The number of carbonyl (C=O) groups excluding carboxylic acids is 3. The van der Waals surface area contributed by atoms with Gasteiger partial charge in [-0.25, -0.2) is 0 Å². The molecule has 0 bridgehead atoms. The molecule has 20 heavy (non-hydrogen) atoms. The SMILES string of the molecule is CCOC(C)=O.CCOC(C)=O.CCOC(C)=O.CO. The number of aliphatic hydroxyl groups is 1. The van der Waals surface area contributed by atoms with Crippen molar-refractivity contribution in [1.29, 1.82) is 0 Å². The summed E-state index contributed by atoms with van der Waals surface area (Å²) >= 11 is 0. The lowest BCUT2D eigenvalue weighted by atomic mass is 10.8. The van der Waals surface area contributed by atoms with E-state index in [2.05, 4.69) is 14.2 Å². The van der Waals surface area contributed by atoms with Gasteiger partial charge in [-0.2, -0.15) is 0 Å². The molecule has 0 aliphatic carbocycles. The minimum atomic E-state index is -0.211. The van der Waals surface area contributed by atoms with Gasteiger partial charge in [0.05, 0.1) is 19.8 Å². The molecule has 0 aromatic heterocycles. The van der Waals surface area contributed by atoms with E-state index in [1.807, 2.05) is 0 Å². The molecular formula is C13H28O7. The fourth-order valence-electron chi connectivity index (χ4n) is 0.610. The lowest BCUT2D eigenvalue weighted by molar-refractivity contribution is -0.141. The zero-order valence-corrected chi connectivity index (χ0v) is 13.5. The highest BCUT2D eigenvalue weighted by molar-refractivity contribution is 5.66. The Morgan fingerprint density at radius 2 is 0.800 bits per heavy atom. The molecule has 0 aromatic carbocycles. The highest BCUT2D eigenvalue weighted by Crippen LogP contribution is 1.70. The molecule has 0 fully saturated rings. The van der Waals surface area contributed by atoms with Gasteiger partial charge in [0.25, 0.3) is 0 Å². The number of hydrogen-bond acceptors (Lipinski definition) is 7. The fourth-order valence-corrected chi connectivity index (χ4v) is 0.610. The molecule has 0 radical (unpaired) electrons. The van der Waals surface area contributed by atoms with Crippen molar-refractivity contribution in [3.63, 3.8) is 0 Å². The van der Waals surface area contributed by atoms with Crippen LogP contribution in [0.3, 0.4) is 0 Å². The Kier molecular flexibility index (Phi) is 34.9. The number of hydrogen-bond donors (Lipinski definition) is 1. The summed E-state index contributed by atoms with van der Waals surface area (Å²) in [5.74, 6) is -0.632. The maximum absolute atomic E-state index is 9.82. The predicted molar refractivity (Wildman–Crippen MR) is 75.1 cm³/mol. The van der Waals surface area contributed by atoms with Crippen molar-refractivity contribution in [3.8, 4) is 0 Å². The summed E-state index contributed by atoms with van der Waals surface area (Å²) in [6.07, 6.45) is 0. The standard InChI is InChI=1S/3C4H8O2.CH4O/c3*1-3-6-4(2)5;1-2/h3*3H2,1-2H3;2H,1H3. The normalized spacial score (nSPS) is 7.20. The van der Waals surface area contributed by atoms with E-state index in [0.29, 0.717) is 19.8 Å². The monoisotopic (exact) mass is 296 g/mol. The first kappa shape index (κ1) is 26.8. The molecule has 0 rings (SSSR count). The van der Waals surface area contributed by atoms with Crippen LogP contribution in [0.5, 0.6) is 0 Å². The molecule has 0 atom stereocenters. The van der Waals surface area contributed by atoms with Gasteiger partial charge in [-0.15, -0.1) is 0 Å². The lowest BCUT2D eigenvalue weighted by Crippen LogP contribution is -1.95. The van der Waals surface area contributed by atoms with E-state index in [-0.39, 0.29) is 17.9 Å². The van der Waals surface area contributed by atoms with Crippen LogP contribution in [-0.2, 0) is 28.6 Å². The first-order valence-corrected chi connectivity index (χ1v) is 6.16. The summed E-state index contributed by atoms with van der Waals surface area (Å²) in [6.45, 7) is 11.0. The van der Waals surface area contributed by atoms with E-state index in [1.165, 1.54) is 20.8 Å². The molecular weight excluding hydrogens is 268 g/mol. The Balaban J connectivity index is -0.0000000902. The third-order valence-corrected chi connectivity index (χ3v) is 1.04. The third kappa shape index (κ3) is 71.2. The van der Waals surface area contributed by atoms with Crippen molar-refractivity contribution in [2.75, 3.05) is 26.9 Å². The molecule has 7 heteroatoms. The van der Waals surface area contributed by atoms with Gasteiger partial charge in [-0.3, -0.25) is 14.4 Å². The van der Waals surface area contributed by atoms with Crippen LogP contribution in [0.2, 0.25) is 0 Å². The molecule has 0 amide bonds. The molecule has 0 spiro atoms. The van der Waals surface area contributed by atoms with Crippen LogP contribution in [0.15, 0.2) is 0 Å². The Labute approximate surface area is 121 Å². The maximum atomic E-state index is 9.82. The summed E-state index contributed by atoms with van der Waals surface area (Å²) in [4.78, 5) is 29.5. The Morgan fingerprint density at radius 1 is 0.650 bits per heavy atom. The van der Waals surface area contributed by atoms with Gasteiger partial charge in [0.15, 0.2) is 0 Å². The molecule has 7 nitrogen and oxygen atoms in total. The summed E-state index contributed by atoms with van der Waals surface area (Å²) in [5.41, 5.74) is 0. The van der Waals surface area contributed by atoms with Crippen LogP contribution < -0.4 is 0 Å². The van der Waals surface area contributed by atoms with Gasteiger partial charge in [0.2, 0.25) is 0 Å². The van der Waals surface area contributed by atoms with Crippen LogP contribution in [-0.4, -0.2) is 49.9 Å². The second-order valence-corrected chi connectivity index (χ2v) is 2.77. The molecule has 0 saturated heterocycles. The lowest BCUT2D eigenvalue weighted by Gasteiger charge is -1.89. The summed E-state index contributed by atoms with van der Waals surface area (Å²) in [6, 6.07) is 0. The smallest absolute Gasteiger partial charge is 0.302 e. The fraction of sp³-hybridized carbons (Fsp3) is 0.769. The highest BCUT2D eigenvalue weighted by atomic mass is 16.5. The molecule has 1 N–H and O–H groups in total. The zero-order chi connectivity index (χ0) is 17.0. The van der Waals surface area contributed by atoms with Crippen LogP contribution >= 0.6 is 0 Å². The van der Waals surface area contributed by atoms with Gasteiger partial charge in [0, 0.05) is 27.9 Å². The molecule has 0 saturated carbocycles. The van der Waals surface area contributed by atoms with Gasteiger partial charge in [0.1, 0.15) is 0 Å². The number of ether oxygens (including phenoxy) is 3. The number of esters is 3. The van der Waals surface area contributed by atoms with Crippen molar-refractivity contribution in [2.45, 2.75) is 41.5 Å². The quantitative estimate of drug-likeness (QED) is 0.619. The van der Waals surface area contributed by atoms with Crippen molar-refractivity contribution in [1.82, 2.24) is 0 Å². The third-order valence-electron chi connectivity index (χ3n) is 1.04. The van der Waals surface area contributed by atoms with Crippen molar-refractivity contribution in [3.05, 3.63) is 0 Å². The van der Waals surface area contributed by atoms with Gasteiger partial charge < -0.3 is 19.3 Å². The average molecular weight is 296 g/mol. The van der Waals surface area contributed by atoms with E-state index in [1.54, 1.807) is 20.8 Å². The van der Waals surface area contributed by atoms with E-state index in [9.17, 15) is 14.4 Å². The predicted octanol–water partition coefficient (Wildman–Crippen LogP) is 1.32. The highest BCUT2D eigenvalue weighted by Gasteiger charge is 1.82. The van der Waals surface area contributed by atoms with Crippen LogP contribution in [0.25, 0.3) is 0 Å². The van der Waals surface area contributed by atoms with Crippen LogP contribution in [0, 0.1) is 0 Å². The topological polar surface area (TPSA) is 99.1 Å². The van der Waals surface area contributed by atoms with Crippen molar-refractivity contribution < 1.29 is 33.7 Å². The minimum absolute atomic E-state index is 0.211. The Bertz CT molecular complexity index is 189. The second kappa shape index (κ2) is 26.0. The molecule has 0 aromatic rings. The van der Waals surface area contributed by atoms with Crippen LogP contribution in [0.4, 0.5) is 0 Å². The number of carbonyl (C=O) groups is 3.